The molecule has 0 unspecified atom stereocenters. The molecule has 0 atom stereocenters. The van der Waals surface area contributed by atoms with Crippen molar-refractivity contribution in [1.82, 2.24) is 10.3 Å². The van der Waals surface area contributed by atoms with E-state index in [0.29, 0.717) is 0 Å². The van der Waals surface area contributed by atoms with E-state index in [-0.39, 0.29) is 23.3 Å². The third-order valence-electron chi connectivity index (χ3n) is 1.30. The lowest BCUT2D eigenvalue weighted by Crippen LogP contribution is -2.24. The summed E-state index contributed by atoms with van der Waals surface area (Å²) in [6, 6.07) is 4.82. The first-order valence-corrected chi connectivity index (χ1v) is 3.96. The average molecular weight is 195 g/mol. The molecule has 0 saturated heterocycles. The molecule has 0 radical (unpaired) electrons. The molecule has 0 aliphatic rings. The van der Waals surface area contributed by atoms with Crippen LogP contribution in [0.4, 0.5) is 0 Å². The zero-order chi connectivity index (χ0) is 9.68. The Bertz CT molecular complexity index is 357. The van der Waals surface area contributed by atoms with Crippen LogP contribution in [0.1, 0.15) is 10.5 Å². The molecule has 0 fully saturated rings. The molecule has 0 aromatic carbocycles. The number of rotatable bonds is 2. The second-order valence-corrected chi connectivity index (χ2v) is 2.62. The van der Waals surface area contributed by atoms with Gasteiger partial charge in [-0.3, -0.25) is 4.79 Å². The summed E-state index contributed by atoms with van der Waals surface area (Å²) in [5.41, 5.74) is 0.266. The number of nitrogens with one attached hydrogen (secondary N) is 1. The molecule has 0 spiro atoms. The molecule has 0 aliphatic heterocycles. The number of amides is 1. The number of carbonyl (C=O) groups excluding carboxylic acids is 1. The molecule has 1 N–H and O–H groups in total. The summed E-state index contributed by atoms with van der Waals surface area (Å²) in [5, 5.41) is 2.77. The Kier molecular flexibility index (Phi) is 3.30. The second kappa shape index (κ2) is 4.48. The molecule has 3 nitrogen and oxygen atoms in total. The molecular formula is C9H7ClN2O. The average Bonchev–Trinajstić information content (AvgIpc) is 2.14. The van der Waals surface area contributed by atoms with E-state index in [1.54, 1.807) is 18.2 Å². The zero-order valence-electron chi connectivity index (χ0n) is 6.75. The summed E-state index contributed by atoms with van der Waals surface area (Å²) < 4.78 is 0. The predicted molar refractivity (Wildman–Crippen MR) is 50.4 cm³/mol. The van der Waals surface area contributed by atoms with Gasteiger partial charge < -0.3 is 5.32 Å². The monoisotopic (exact) mass is 194 g/mol. The smallest absolute Gasteiger partial charge is 0.270 e. The molecule has 0 aliphatic carbocycles. The summed E-state index contributed by atoms with van der Waals surface area (Å²) in [5.74, 6) is 1.97. The Balaban J connectivity index is 2.72. The SMILES string of the molecule is C#CCNC(=O)c1cccc(Cl)n1. The summed E-state index contributed by atoms with van der Waals surface area (Å²) >= 11 is 5.59. The van der Waals surface area contributed by atoms with Crippen LogP contribution in [0, 0.1) is 12.3 Å². The highest BCUT2D eigenvalue weighted by Gasteiger charge is 2.05. The van der Waals surface area contributed by atoms with Crippen molar-refractivity contribution in [3.63, 3.8) is 0 Å². The summed E-state index contributed by atoms with van der Waals surface area (Å²) in [6.45, 7) is 0.188. The predicted octanol–water partition coefficient (Wildman–Crippen LogP) is 1.10. The van der Waals surface area contributed by atoms with E-state index >= 15 is 0 Å². The second-order valence-electron chi connectivity index (χ2n) is 2.23. The van der Waals surface area contributed by atoms with Crippen LogP contribution < -0.4 is 5.32 Å². The third kappa shape index (κ3) is 2.77. The van der Waals surface area contributed by atoms with Crippen molar-refractivity contribution in [2.45, 2.75) is 0 Å². The number of hydrogen-bond acceptors (Lipinski definition) is 2. The van der Waals surface area contributed by atoms with Crippen LogP contribution in [-0.4, -0.2) is 17.4 Å². The summed E-state index contributed by atoms with van der Waals surface area (Å²) in [4.78, 5) is 15.0. The maximum absolute atomic E-state index is 11.2. The van der Waals surface area contributed by atoms with Gasteiger partial charge in [-0.2, -0.15) is 0 Å². The van der Waals surface area contributed by atoms with Gasteiger partial charge in [0, 0.05) is 0 Å². The van der Waals surface area contributed by atoms with Crippen molar-refractivity contribution in [3.05, 3.63) is 29.0 Å². The van der Waals surface area contributed by atoms with Gasteiger partial charge in [-0.05, 0) is 12.1 Å². The van der Waals surface area contributed by atoms with Gasteiger partial charge in [-0.1, -0.05) is 23.6 Å². The van der Waals surface area contributed by atoms with Gasteiger partial charge in [-0.25, -0.2) is 4.98 Å². The molecule has 0 saturated carbocycles. The Morgan fingerprint density at radius 1 is 1.69 bits per heavy atom. The number of aromatic nitrogens is 1. The van der Waals surface area contributed by atoms with Gasteiger partial charge in [0.15, 0.2) is 0 Å². The molecule has 1 aromatic heterocycles. The van der Waals surface area contributed by atoms with E-state index in [1.165, 1.54) is 0 Å². The number of hydrogen-bond donors (Lipinski definition) is 1. The molecule has 1 heterocycles. The van der Waals surface area contributed by atoms with Gasteiger partial charge >= 0.3 is 0 Å². The van der Waals surface area contributed by atoms with Crippen molar-refractivity contribution in [2.24, 2.45) is 0 Å². The van der Waals surface area contributed by atoms with Gasteiger partial charge in [0.1, 0.15) is 10.8 Å². The van der Waals surface area contributed by atoms with Crippen molar-refractivity contribution in [1.29, 1.82) is 0 Å². The normalized spacial score (nSPS) is 8.92. The van der Waals surface area contributed by atoms with Gasteiger partial charge in [0.25, 0.3) is 5.91 Å². The van der Waals surface area contributed by atoms with E-state index in [0.717, 1.165) is 0 Å². The van der Waals surface area contributed by atoms with E-state index in [9.17, 15) is 4.79 Å². The van der Waals surface area contributed by atoms with Crippen LogP contribution in [0.5, 0.6) is 0 Å². The molecule has 4 heteroatoms. The topological polar surface area (TPSA) is 42.0 Å². The van der Waals surface area contributed by atoms with Crippen LogP contribution in [0.3, 0.4) is 0 Å². The minimum Gasteiger partial charge on any atom is -0.340 e. The number of nitrogens with zero attached hydrogens (tertiary/aromatic N) is 1. The number of halogens is 1. The fraction of sp³-hybridized carbons (Fsp3) is 0.111. The Hall–Kier alpha value is -1.53. The van der Waals surface area contributed by atoms with Crippen LogP contribution in [0.25, 0.3) is 0 Å². The fourth-order valence-electron chi connectivity index (χ4n) is 0.757. The Labute approximate surface area is 81.1 Å². The van der Waals surface area contributed by atoms with Crippen molar-refractivity contribution in [3.8, 4) is 12.3 Å². The molecule has 13 heavy (non-hydrogen) atoms. The number of carbonyl (C=O) groups is 1. The highest BCUT2D eigenvalue weighted by molar-refractivity contribution is 6.29. The maximum atomic E-state index is 11.2. The Morgan fingerprint density at radius 3 is 3.08 bits per heavy atom. The van der Waals surface area contributed by atoms with Gasteiger partial charge in [-0.15, -0.1) is 6.42 Å². The third-order valence-corrected chi connectivity index (χ3v) is 1.51. The summed E-state index contributed by atoms with van der Waals surface area (Å²) in [7, 11) is 0. The highest BCUT2D eigenvalue weighted by atomic mass is 35.5. The van der Waals surface area contributed by atoms with Crippen molar-refractivity contribution < 1.29 is 4.79 Å². The number of terminal acetylenes is 1. The first kappa shape index (κ1) is 9.56. The number of pyridine rings is 1. The molecule has 1 aromatic rings. The molecule has 0 bridgehead atoms. The standard InChI is InChI=1S/C9H7ClN2O/c1-2-6-11-9(13)7-4-3-5-8(10)12-7/h1,3-5H,6H2,(H,11,13). The van der Waals surface area contributed by atoms with Crippen LogP contribution in [0.2, 0.25) is 5.15 Å². The lowest BCUT2D eigenvalue weighted by Gasteiger charge is -1.99. The van der Waals surface area contributed by atoms with Gasteiger partial charge in [0.2, 0.25) is 0 Å². The van der Waals surface area contributed by atoms with E-state index in [1.807, 2.05) is 0 Å². The molecular weight excluding hydrogens is 188 g/mol. The van der Waals surface area contributed by atoms with Crippen LogP contribution in [0.15, 0.2) is 18.2 Å². The molecule has 1 amide bonds. The minimum absolute atomic E-state index is 0.188. The largest absolute Gasteiger partial charge is 0.340 e. The van der Waals surface area contributed by atoms with E-state index in [4.69, 9.17) is 18.0 Å². The van der Waals surface area contributed by atoms with Crippen LogP contribution in [-0.2, 0) is 0 Å². The van der Waals surface area contributed by atoms with Gasteiger partial charge in [0.05, 0.1) is 6.54 Å². The quantitative estimate of drug-likeness (QED) is 0.566. The maximum Gasteiger partial charge on any atom is 0.270 e. The molecule has 1 rings (SSSR count). The highest BCUT2D eigenvalue weighted by Crippen LogP contribution is 2.04. The lowest BCUT2D eigenvalue weighted by atomic mass is 10.3. The van der Waals surface area contributed by atoms with E-state index in [2.05, 4.69) is 16.2 Å². The lowest BCUT2D eigenvalue weighted by molar-refractivity contribution is 0.0954. The molecule has 66 valence electrons. The minimum atomic E-state index is -0.319. The van der Waals surface area contributed by atoms with Crippen LogP contribution >= 0.6 is 11.6 Å². The fourth-order valence-corrected chi connectivity index (χ4v) is 0.920. The van der Waals surface area contributed by atoms with Crippen molar-refractivity contribution >= 4 is 17.5 Å². The van der Waals surface area contributed by atoms with E-state index < -0.39 is 0 Å². The zero-order valence-corrected chi connectivity index (χ0v) is 7.51. The van der Waals surface area contributed by atoms with Crippen molar-refractivity contribution in [2.75, 3.05) is 6.54 Å². The Morgan fingerprint density at radius 2 is 2.46 bits per heavy atom. The first-order valence-electron chi connectivity index (χ1n) is 3.58. The summed E-state index contributed by atoms with van der Waals surface area (Å²) in [6.07, 6.45) is 4.97. The first-order chi connectivity index (χ1) is 6.24.